The molecule has 132 valence electrons. The Morgan fingerprint density at radius 3 is 2.92 bits per heavy atom. The zero-order valence-electron chi connectivity index (χ0n) is 14.5. The molecule has 4 rings (SSSR count). The van der Waals surface area contributed by atoms with Crippen LogP contribution in [0.4, 0.5) is 11.8 Å². The fourth-order valence-electron chi connectivity index (χ4n) is 3.69. The van der Waals surface area contributed by atoms with Crippen LogP contribution >= 0.6 is 0 Å². The molecule has 25 heavy (non-hydrogen) atoms. The SMILES string of the molecule is CN(c1ccnc(N2CCc3[nH]c(=O)ccc3C2)n1)C1CCNCC1. The van der Waals surface area contributed by atoms with Gasteiger partial charge < -0.3 is 20.1 Å². The number of nitrogens with one attached hydrogen (secondary N) is 2. The first-order valence-electron chi connectivity index (χ1n) is 8.93. The Labute approximate surface area is 147 Å². The summed E-state index contributed by atoms with van der Waals surface area (Å²) in [7, 11) is 2.12. The van der Waals surface area contributed by atoms with Gasteiger partial charge in [-0.3, -0.25) is 4.79 Å². The van der Waals surface area contributed by atoms with E-state index in [1.807, 2.05) is 18.3 Å². The van der Waals surface area contributed by atoms with Crippen molar-refractivity contribution in [3.05, 3.63) is 46.0 Å². The molecule has 1 saturated heterocycles. The highest BCUT2D eigenvalue weighted by molar-refractivity contribution is 5.45. The summed E-state index contributed by atoms with van der Waals surface area (Å²) in [5.74, 6) is 1.74. The Bertz CT molecular complexity index is 798. The van der Waals surface area contributed by atoms with Gasteiger partial charge in [-0.15, -0.1) is 0 Å². The molecule has 0 unspecified atom stereocenters. The van der Waals surface area contributed by atoms with E-state index in [0.717, 1.165) is 68.5 Å². The third-order valence-corrected chi connectivity index (χ3v) is 5.22. The topological polar surface area (TPSA) is 77.2 Å². The molecule has 0 atom stereocenters. The zero-order valence-corrected chi connectivity index (χ0v) is 14.5. The van der Waals surface area contributed by atoms with E-state index in [2.05, 4.69) is 32.1 Å². The Morgan fingerprint density at radius 1 is 1.24 bits per heavy atom. The van der Waals surface area contributed by atoms with Gasteiger partial charge in [-0.1, -0.05) is 6.07 Å². The molecule has 2 aromatic rings. The number of aromatic amines is 1. The van der Waals surface area contributed by atoms with Crippen LogP contribution in [0.5, 0.6) is 0 Å². The number of hydrogen-bond donors (Lipinski definition) is 2. The van der Waals surface area contributed by atoms with Crippen LogP contribution in [0.1, 0.15) is 24.1 Å². The molecule has 0 aliphatic carbocycles. The van der Waals surface area contributed by atoms with Crippen molar-refractivity contribution in [1.29, 1.82) is 0 Å². The average molecular weight is 340 g/mol. The van der Waals surface area contributed by atoms with Gasteiger partial charge in [0.05, 0.1) is 0 Å². The van der Waals surface area contributed by atoms with Gasteiger partial charge in [0.1, 0.15) is 5.82 Å². The molecule has 0 saturated carbocycles. The Morgan fingerprint density at radius 2 is 2.08 bits per heavy atom. The second-order valence-electron chi connectivity index (χ2n) is 6.80. The van der Waals surface area contributed by atoms with E-state index in [0.29, 0.717) is 6.04 Å². The van der Waals surface area contributed by atoms with E-state index >= 15 is 0 Å². The van der Waals surface area contributed by atoms with E-state index in [4.69, 9.17) is 4.98 Å². The summed E-state index contributed by atoms with van der Waals surface area (Å²) in [6.45, 7) is 3.67. The number of anilines is 2. The maximum absolute atomic E-state index is 11.5. The molecule has 0 radical (unpaired) electrons. The van der Waals surface area contributed by atoms with Crippen LogP contribution in [0.2, 0.25) is 0 Å². The summed E-state index contributed by atoms with van der Waals surface area (Å²) >= 11 is 0. The highest BCUT2D eigenvalue weighted by atomic mass is 16.1. The quantitative estimate of drug-likeness (QED) is 0.865. The second-order valence-corrected chi connectivity index (χ2v) is 6.80. The standard InChI is InChI=1S/C18H24N6O/c1-23(14-4-8-19-9-5-14)16-6-10-20-18(22-16)24-11-7-15-13(12-24)2-3-17(25)21-15/h2-3,6,10,14,19H,4-5,7-9,11-12H2,1H3,(H,21,25). The summed E-state index contributed by atoms with van der Waals surface area (Å²) in [6, 6.07) is 6.01. The van der Waals surface area contributed by atoms with Gasteiger partial charge in [0.25, 0.3) is 0 Å². The number of H-pyrrole nitrogens is 1. The Balaban J connectivity index is 1.53. The maximum atomic E-state index is 11.5. The Hall–Kier alpha value is -2.41. The van der Waals surface area contributed by atoms with Gasteiger partial charge in [0.15, 0.2) is 0 Å². The van der Waals surface area contributed by atoms with Gasteiger partial charge in [-0.05, 0) is 37.6 Å². The zero-order chi connectivity index (χ0) is 17.2. The molecule has 2 aliphatic rings. The number of piperidine rings is 1. The van der Waals surface area contributed by atoms with Crippen LogP contribution in [-0.4, -0.2) is 47.7 Å². The van der Waals surface area contributed by atoms with Crippen LogP contribution < -0.4 is 20.7 Å². The van der Waals surface area contributed by atoms with Crippen LogP contribution in [0, 0.1) is 0 Å². The van der Waals surface area contributed by atoms with Crippen molar-refractivity contribution >= 4 is 11.8 Å². The van der Waals surface area contributed by atoms with Gasteiger partial charge in [0, 0.05) is 50.6 Å². The highest BCUT2D eigenvalue weighted by Crippen LogP contribution is 2.23. The van der Waals surface area contributed by atoms with Crippen molar-refractivity contribution in [3.8, 4) is 0 Å². The molecule has 0 aromatic carbocycles. The number of rotatable bonds is 3. The van der Waals surface area contributed by atoms with Crippen molar-refractivity contribution in [3.63, 3.8) is 0 Å². The summed E-state index contributed by atoms with van der Waals surface area (Å²) in [4.78, 5) is 28.1. The minimum atomic E-state index is -0.0333. The largest absolute Gasteiger partial charge is 0.356 e. The fourth-order valence-corrected chi connectivity index (χ4v) is 3.69. The fraction of sp³-hybridized carbons (Fsp3) is 0.500. The molecule has 2 N–H and O–H groups in total. The minimum absolute atomic E-state index is 0.0333. The van der Waals surface area contributed by atoms with E-state index < -0.39 is 0 Å². The predicted molar refractivity (Wildman–Crippen MR) is 98.1 cm³/mol. The molecule has 2 aromatic heterocycles. The van der Waals surface area contributed by atoms with Crippen molar-refractivity contribution in [2.24, 2.45) is 0 Å². The first-order valence-corrected chi connectivity index (χ1v) is 8.93. The molecule has 2 aliphatic heterocycles. The van der Waals surface area contributed by atoms with Crippen LogP contribution in [0.15, 0.2) is 29.2 Å². The van der Waals surface area contributed by atoms with Crippen LogP contribution in [0.25, 0.3) is 0 Å². The number of nitrogens with zero attached hydrogens (tertiary/aromatic N) is 4. The van der Waals surface area contributed by atoms with Crippen molar-refractivity contribution < 1.29 is 0 Å². The average Bonchev–Trinajstić information content (AvgIpc) is 2.68. The molecule has 7 heteroatoms. The van der Waals surface area contributed by atoms with Crippen LogP contribution in [0.3, 0.4) is 0 Å². The molecule has 7 nitrogen and oxygen atoms in total. The van der Waals surface area contributed by atoms with Gasteiger partial charge in [-0.2, -0.15) is 4.98 Å². The van der Waals surface area contributed by atoms with Gasteiger partial charge >= 0.3 is 0 Å². The third kappa shape index (κ3) is 3.37. The summed E-state index contributed by atoms with van der Waals surface area (Å²) in [5.41, 5.74) is 2.15. The summed E-state index contributed by atoms with van der Waals surface area (Å²) < 4.78 is 0. The monoisotopic (exact) mass is 340 g/mol. The molecular weight excluding hydrogens is 316 g/mol. The predicted octanol–water partition coefficient (Wildman–Crippen LogP) is 0.916. The molecule has 0 spiro atoms. The lowest BCUT2D eigenvalue weighted by Crippen LogP contribution is -2.41. The van der Waals surface area contributed by atoms with E-state index in [-0.39, 0.29) is 5.56 Å². The first kappa shape index (κ1) is 16.1. The molecule has 0 amide bonds. The Kier molecular flexibility index (Phi) is 4.40. The molecule has 4 heterocycles. The van der Waals surface area contributed by atoms with E-state index in [9.17, 15) is 4.79 Å². The molecular formula is C18H24N6O. The molecule has 1 fully saturated rings. The van der Waals surface area contributed by atoms with Gasteiger partial charge in [0.2, 0.25) is 11.5 Å². The number of aromatic nitrogens is 3. The summed E-state index contributed by atoms with van der Waals surface area (Å²) in [5, 5.41) is 3.40. The van der Waals surface area contributed by atoms with Crippen LogP contribution in [-0.2, 0) is 13.0 Å². The number of pyridine rings is 1. The molecule has 0 bridgehead atoms. The number of hydrogen-bond acceptors (Lipinski definition) is 6. The second kappa shape index (κ2) is 6.84. The third-order valence-electron chi connectivity index (χ3n) is 5.22. The lowest BCUT2D eigenvalue weighted by molar-refractivity contribution is 0.441. The summed E-state index contributed by atoms with van der Waals surface area (Å²) in [6.07, 6.45) is 4.93. The minimum Gasteiger partial charge on any atom is -0.356 e. The van der Waals surface area contributed by atoms with E-state index in [1.54, 1.807) is 6.07 Å². The number of fused-ring (bicyclic) bond motifs is 1. The van der Waals surface area contributed by atoms with Crippen molar-refractivity contribution in [1.82, 2.24) is 20.3 Å². The van der Waals surface area contributed by atoms with Crippen molar-refractivity contribution in [2.75, 3.05) is 36.5 Å². The lowest BCUT2D eigenvalue weighted by atomic mass is 10.1. The lowest BCUT2D eigenvalue weighted by Gasteiger charge is -2.33. The smallest absolute Gasteiger partial charge is 0.248 e. The normalized spacial score (nSPS) is 18.0. The van der Waals surface area contributed by atoms with Crippen molar-refractivity contribution in [2.45, 2.75) is 31.8 Å². The highest BCUT2D eigenvalue weighted by Gasteiger charge is 2.22. The van der Waals surface area contributed by atoms with Gasteiger partial charge in [-0.25, -0.2) is 4.98 Å². The first-order chi connectivity index (χ1) is 12.2. The van der Waals surface area contributed by atoms with E-state index in [1.165, 1.54) is 0 Å². The maximum Gasteiger partial charge on any atom is 0.248 e.